The Labute approximate surface area is 160 Å². The van der Waals surface area contributed by atoms with Crippen molar-refractivity contribution in [2.45, 2.75) is 58.3 Å². The lowest BCUT2D eigenvalue weighted by atomic mass is 9.95. The van der Waals surface area contributed by atoms with E-state index in [0.717, 1.165) is 25.3 Å². The number of benzene rings is 1. The molecule has 0 saturated heterocycles. The molecule has 0 saturated carbocycles. The van der Waals surface area contributed by atoms with Crippen LogP contribution in [0.1, 0.15) is 63.0 Å². The minimum atomic E-state index is -0.918. The third-order valence-corrected chi connectivity index (χ3v) is 4.15. The molecule has 27 heavy (non-hydrogen) atoms. The van der Waals surface area contributed by atoms with Crippen LogP contribution >= 0.6 is 0 Å². The molecular formula is C21H28O6. The highest BCUT2D eigenvalue weighted by Crippen LogP contribution is 2.28. The minimum absolute atomic E-state index is 0.00139. The van der Waals surface area contributed by atoms with Gasteiger partial charge in [0.1, 0.15) is 5.75 Å². The van der Waals surface area contributed by atoms with Crippen molar-refractivity contribution < 1.29 is 29.5 Å². The van der Waals surface area contributed by atoms with Gasteiger partial charge in [0.25, 0.3) is 0 Å². The van der Waals surface area contributed by atoms with Crippen molar-refractivity contribution in [1.82, 2.24) is 0 Å². The third kappa shape index (κ3) is 8.09. The molecule has 0 fully saturated rings. The molecule has 0 spiro atoms. The number of carbonyl (C=O) groups excluding carboxylic acids is 2. The zero-order chi connectivity index (χ0) is 20.1. The summed E-state index contributed by atoms with van der Waals surface area (Å²) in [5, 5.41) is 14.3. The number of phenolic OH excluding ortho intramolecular Hbond substituents is 1. The zero-order valence-corrected chi connectivity index (χ0v) is 15.9. The van der Waals surface area contributed by atoms with E-state index in [-0.39, 0.29) is 11.3 Å². The van der Waals surface area contributed by atoms with Crippen molar-refractivity contribution in [2.24, 2.45) is 0 Å². The Balaban J connectivity index is 2.60. The monoisotopic (exact) mass is 376 g/mol. The molecule has 0 amide bonds. The Morgan fingerprint density at radius 1 is 1.07 bits per heavy atom. The van der Waals surface area contributed by atoms with E-state index in [1.54, 1.807) is 18.2 Å². The topological polar surface area (TPSA) is 82.1 Å². The number of unbranched alkanes of at least 4 members (excludes halogenated alkanes) is 6. The molecule has 0 aliphatic rings. The zero-order valence-electron chi connectivity index (χ0n) is 15.9. The average molecular weight is 376 g/mol. The second-order valence-corrected chi connectivity index (χ2v) is 6.20. The lowest BCUT2D eigenvalue weighted by molar-refractivity contribution is -0.455. The van der Waals surface area contributed by atoms with Crippen LogP contribution in [0.2, 0.25) is 0 Å². The first-order chi connectivity index (χ1) is 13.0. The van der Waals surface area contributed by atoms with E-state index in [4.69, 9.17) is 0 Å². The van der Waals surface area contributed by atoms with Crippen LogP contribution in [0.4, 0.5) is 0 Å². The quantitative estimate of drug-likeness (QED) is 0.230. The van der Waals surface area contributed by atoms with Gasteiger partial charge in [-0.25, -0.2) is 9.59 Å². The van der Waals surface area contributed by atoms with Gasteiger partial charge in [-0.3, -0.25) is 9.78 Å². The maximum absolute atomic E-state index is 12.0. The van der Waals surface area contributed by atoms with Crippen LogP contribution in [-0.2, 0) is 30.8 Å². The number of rotatable bonds is 13. The molecule has 0 unspecified atom stereocenters. The fourth-order valence-electron chi connectivity index (χ4n) is 2.65. The van der Waals surface area contributed by atoms with E-state index in [1.807, 2.05) is 0 Å². The van der Waals surface area contributed by atoms with Crippen LogP contribution in [0.25, 0.3) is 5.57 Å². The molecule has 1 N–H and O–H groups in total. The SMILES string of the molecule is C=CC(=O)OOOC(=O)C(=C)c1cccc(O)c1CCCCCCCCC. The van der Waals surface area contributed by atoms with Crippen molar-refractivity contribution in [3.05, 3.63) is 48.6 Å². The van der Waals surface area contributed by atoms with Crippen LogP contribution in [0.3, 0.4) is 0 Å². The van der Waals surface area contributed by atoms with E-state index in [2.05, 4.69) is 34.9 Å². The second kappa shape index (κ2) is 12.7. The van der Waals surface area contributed by atoms with Crippen LogP contribution in [0, 0.1) is 0 Å². The van der Waals surface area contributed by atoms with Gasteiger partial charge in [0.05, 0.1) is 5.57 Å². The lowest BCUT2D eigenvalue weighted by Crippen LogP contribution is -2.11. The minimum Gasteiger partial charge on any atom is -0.508 e. The molecule has 0 heterocycles. The summed E-state index contributed by atoms with van der Waals surface area (Å²) in [6.07, 6.45) is 9.51. The van der Waals surface area contributed by atoms with Crippen molar-refractivity contribution in [3.8, 4) is 5.75 Å². The highest BCUT2D eigenvalue weighted by Gasteiger charge is 2.18. The third-order valence-electron chi connectivity index (χ3n) is 4.15. The molecular weight excluding hydrogens is 348 g/mol. The first kappa shape index (κ1) is 22.4. The Hall–Kier alpha value is -2.60. The van der Waals surface area contributed by atoms with Crippen LogP contribution < -0.4 is 0 Å². The van der Waals surface area contributed by atoms with Gasteiger partial charge in [-0.05, 0) is 24.5 Å². The van der Waals surface area contributed by atoms with Crippen LogP contribution in [0.15, 0.2) is 37.4 Å². The van der Waals surface area contributed by atoms with Gasteiger partial charge in [-0.2, -0.15) is 0 Å². The number of carbonyl (C=O) groups is 2. The summed E-state index contributed by atoms with van der Waals surface area (Å²) in [5.74, 6) is -1.71. The first-order valence-corrected chi connectivity index (χ1v) is 9.23. The van der Waals surface area contributed by atoms with Crippen molar-refractivity contribution in [2.75, 3.05) is 0 Å². The Morgan fingerprint density at radius 3 is 2.41 bits per heavy atom. The van der Waals surface area contributed by atoms with E-state index in [1.165, 1.54) is 25.7 Å². The maximum atomic E-state index is 12.0. The Bertz CT molecular complexity index is 650. The number of aromatic hydroxyl groups is 1. The summed E-state index contributed by atoms with van der Waals surface area (Å²) in [7, 11) is 0. The van der Waals surface area contributed by atoms with E-state index in [0.29, 0.717) is 17.5 Å². The predicted molar refractivity (Wildman–Crippen MR) is 102 cm³/mol. The molecule has 1 aromatic carbocycles. The number of hydrogen-bond acceptors (Lipinski definition) is 6. The van der Waals surface area contributed by atoms with Gasteiger partial charge >= 0.3 is 11.9 Å². The predicted octanol–water partition coefficient (Wildman–Crippen LogP) is 4.82. The van der Waals surface area contributed by atoms with Gasteiger partial charge in [0.15, 0.2) is 0 Å². The summed E-state index contributed by atoms with van der Waals surface area (Å²) in [4.78, 5) is 31.4. The molecule has 0 aromatic heterocycles. The standard InChI is InChI=1S/C21H28O6/c1-4-6-7-8-9-10-11-13-18-17(14-12-15-19(18)22)16(3)21(24)26-27-25-20(23)5-2/h5,12,14-15,22H,2-4,6-11,13H2,1H3. The smallest absolute Gasteiger partial charge is 0.377 e. The van der Waals surface area contributed by atoms with Gasteiger partial charge in [-0.15, -0.1) is 0 Å². The largest absolute Gasteiger partial charge is 0.508 e. The highest BCUT2D eigenvalue weighted by molar-refractivity contribution is 6.15. The lowest BCUT2D eigenvalue weighted by Gasteiger charge is -2.12. The van der Waals surface area contributed by atoms with Gasteiger partial charge in [0.2, 0.25) is 0 Å². The molecule has 6 nitrogen and oxygen atoms in total. The van der Waals surface area contributed by atoms with Gasteiger partial charge in [0, 0.05) is 16.7 Å². The van der Waals surface area contributed by atoms with Crippen molar-refractivity contribution in [3.63, 3.8) is 0 Å². The van der Waals surface area contributed by atoms with Crippen molar-refractivity contribution in [1.29, 1.82) is 0 Å². The molecule has 0 aliphatic heterocycles. The molecule has 1 aromatic rings. The summed E-state index contributed by atoms with van der Waals surface area (Å²) in [6.45, 7) is 9.06. The number of phenols is 1. The van der Waals surface area contributed by atoms with E-state index in [9.17, 15) is 14.7 Å². The summed E-state index contributed by atoms with van der Waals surface area (Å²) >= 11 is 0. The fourth-order valence-corrected chi connectivity index (χ4v) is 2.65. The molecule has 6 heteroatoms. The second-order valence-electron chi connectivity index (χ2n) is 6.20. The molecule has 0 aliphatic carbocycles. The molecule has 0 radical (unpaired) electrons. The highest BCUT2D eigenvalue weighted by atomic mass is 17.5. The average Bonchev–Trinajstić information content (AvgIpc) is 2.67. The summed E-state index contributed by atoms with van der Waals surface area (Å²) in [6, 6.07) is 4.87. The van der Waals surface area contributed by atoms with Crippen LogP contribution in [0.5, 0.6) is 5.75 Å². The first-order valence-electron chi connectivity index (χ1n) is 9.23. The fraction of sp³-hybridized carbons (Fsp3) is 0.429. The van der Waals surface area contributed by atoms with Gasteiger partial charge in [-0.1, -0.05) is 70.7 Å². The molecule has 0 bridgehead atoms. The molecule has 1 rings (SSSR count). The Kier molecular flexibility index (Phi) is 10.6. The van der Waals surface area contributed by atoms with Crippen molar-refractivity contribution >= 4 is 17.5 Å². The summed E-state index contributed by atoms with van der Waals surface area (Å²) in [5.41, 5.74) is 1.11. The molecule has 148 valence electrons. The molecule has 0 atom stereocenters. The van der Waals surface area contributed by atoms with Crippen LogP contribution in [-0.4, -0.2) is 17.0 Å². The Morgan fingerprint density at radius 2 is 1.74 bits per heavy atom. The normalized spacial score (nSPS) is 10.3. The number of hydrogen-bond donors (Lipinski definition) is 1. The van der Waals surface area contributed by atoms with E-state index >= 15 is 0 Å². The maximum Gasteiger partial charge on any atom is 0.377 e. The summed E-state index contributed by atoms with van der Waals surface area (Å²) < 4.78 is 0. The van der Waals surface area contributed by atoms with E-state index < -0.39 is 11.9 Å². The van der Waals surface area contributed by atoms with Gasteiger partial charge < -0.3 is 5.11 Å².